The average molecular weight is 448 g/mol. The van der Waals surface area contributed by atoms with Gasteiger partial charge in [0.1, 0.15) is 0 Å². The molecular weight excluding hydrogens is 414 g/mol. The number of nitrogens with one attached hydrogen (secondary N) is 1. The molecule has 1 fully saturated rings. The maximum Gasteiger partial charge on any atom is 0.223 e. The summed E-state index contributed by atoms with van der Waals surface area (Å²) in [5.41, 5.74) is 4.86. The summed E-state index contributed by atoms with van der Waals surface area (Å²) in [5.74, 6) is 0.170. The van der Waals surface area contributed by atoms with Crippen LogP contribution in [0.1, 0.15) is 50.9 Å². The first-order valence-electron chi connectivity index (χ1n) is 10.4. The van der Waals surface area contributed by atoms with Crippen molar-refractivity contribution in [3.8, 4) is 10.4 Å². The Morgan fingerprint density at radius 1 is 1.35 bits per heavy atom. The molecule has 2 unspecified atom stereocenters. The van der Waals surface area contributed by atoms with Gasteiger partial charge >= 0.3 is 0 Å². The molecule has 1 aromatic carbocycles. The van der Waals surface area contributed by atoms with Crippen LogP contribution in [0, 0.1) is 12.3 Å². The van der Waals surface area contributed by atoms with Crippen molar-refractivity contribution < 1.29 is 19.8 Å². The molecule has 3 N–H and O–H groups in total. The van der Waals surface area contributed by atoms with Crippen LogP contribution < -0.4 is 5.32 Å². The standard InChI is InChI=1S/C13H14N2O2S.C10H19NO2/c1-9-13(18-8-15-9)11-4-2-10(3-5-11)12(6-16)14-7-17;1-10(2,3)6-9(13)11-5-4-8(12)7-11/h2-5,7-8,12,16H,6H2,1H3,(H,14,17);8,12H,4-7H2,1-3H3. The van der Waals surface area contributed by atoms with Crippen LogP contribution in [0.15, 0.2) is 29.8 Å². The van der Waals surface area contributed by atoms with Gasteiger partial charge < -0.3 is 20.4 Å². The summed E-state index contributed by atoms with van der Waals surface area (Å²) >= 11 is 1.60. The fourth-order valence-corrected chi connectivity index (χ4v) is 4.13. The first-order chi connectivity index (χ1) is 14.6. The molecule has 1 aromatic heterocycles. The minimum absolute atomic E-state index is 0.0463. The molecule has 0 radical (unpaired) electrons. The van der Waals surface area contributed by atoms with E-state index in [2.05, 4.69) is 31.1 Å². The van der Waals surface area contributed by atoms with Gasteiger partial charge in [-0.1, -0.05) is 45.0 Å². The molecule has 8 heteroatoms. The number of carbonyl (C=O) groups is 2. The van der Waals surface area contributed by atoms with Crippen LogP contribution in [0.25, 0.3) is 10.4 Å². The minimum Gasteiger partial charge on any atom is -0.394 e. The van der Waals surface area contributed by atoms with Gasteiger partial charge in [-0.15, -0.1) is 11.3 Å². The molecule has 0 aliphatic carbocycles. The molecule has 0 bridgehead atoms. The van der Waals surface area contributed by atoms with E-state index < -0.39 is 0 Å². The van der Waals surface area contributed by atoms with Crippen molar-refractivity contribution in [2.75, 3.05) is 19.7 Å². The number of nitrogens with zero attached hydrogens (tertiary/aromatic N) is 2. The van der Waals surface area contributed by atoms with Gasteiger partial charge in [0.05, 0.1) is 34.8 Å². The zero-order chi connectivity index (χ0) is 23.0. The maximum atomic E-state index is 11.6. The number of aliphatic hydroxyl groups is 2. The number of amides is 2. The van der Waals surface area contributed by atoms with Crippen LogP contribution in [0.5, 0.6) is 0 Å². The largest absolute Gasteiger partial charge is 0.394 e. The monoisotopic (exact) mass is 447 g/mol. The Hall–Kier alpha value is -2.29. The molecule has 3 rings (SSSR count). The third-order valence-corrected chi connectivity index (χ3v) is 5.95. The second kappa shape index (κ2) is 11.4. The normalized spacial score (nSPS) is 17.0. The Morgan fingerprint density at radius 2 is 2.03 bits per heavy atom. The van der Waals surface area contributed by atoms with Crippen molar-refractivity contribution in [2.45, 2.75) is 52.7 Å². The fourth-order valence-electron chi connectivity index (χ4n) is 3.32. The number of hydrogen-bond acceptors (Lipinski definition) is 6. The lowest BCUT2D eigenvalue weighted by Crippen LogP contribution is -2.32. The lowest BCUT2D eigenvalue weighted by molar-refractivity contribution is -0.132. The van der Waals surface area contributed by atoms with Gasteiger partial charge in [0.2, 0.25) is 12.3 Å². The number of benzene rings is 1. The predicted octanol–water partition coefficient (Wildman–Crippen LogP) is 2.91. The Balaban J connectivity index is 0.000000233. The lowest BCUT2D eigenvalue weighted by atomic mass is 9.92. The second-order valence-corrected chi connectivity index (χ2v) is 9.78. The van der Waals surface area contributed by atoms with E-state index in [1.807, 2.05) is 36.7 Å². The van der Waals surface area contributed by atoms with E-state index in [0.29, 0.717) is 19.4 Å². The van der Waals surface area contributed by atoms with E-state index in [1.165, 1.54) is 0 Å². The van der Waals surface area contributed by atoms with Gasteiger partial charge in [0.25, 0.3) is 0 Å². The van der Waals surface area contributed by atoms with Crippen LogP contribution in [0.3, 0.4) is 0 Å². The number of aromatic nitrogens is 1. The highest BCUT2D eigenvalue weighted by Crippen LogP contribution is 2.28. The first-order valence-corrected chi connectivity index (χ1v) is 11.3. The van der Waals surface area contributed by atoms with Gasteiger partial charge in [0.15, 0.2) is 0 Å². The van der Waals surface area contributed by atoms with Gasteiger partial charge in [-0.3, -0.25) is 9.59 Å². The summed E-state index contributed by atoms with van der Waals surface area (Å²) in [6, 6.07) is 7.42. The summed E-state index contributed by atoms with van der Waals surface area (Å²) in [6.07, 6.45) is 1.60. The Labute approximate surface area is 188 Å². The SMILES string of the molecule is CC(C)(C)CC(=O)N1CCC(O)C1.Cc1ncsc1-c1ccc(C(CO)NC=O)cc1. The Morgan fingerprint density at radius 3 is 2.48 bits per heavy atom. The maximum absolute atomic E-state index is 11.6. The fraction of sp³-hybridized carbons (Fsp3) is 0.522. The quantitative estimate of drug-likeness (QED) is 0.591. The number of thiazole rings is 1. The highest BCUT2D eigenvalue weighted by molar-refractivity contribution is 7.13. The molecule has 0 spiro atoms. The predicted molar refractivity (Wildman–Crippen MR) is 123 cm³/mol. The second-order valence-electron chi connectivity index (χ2n) is 8.93. The number of aliphatic hydroxyl groups excluding tert-OH is 2. The highest BCUT2D eigenvalue weighted by atomic mass is 32.1. The summed E-state index contributed by atoms with van der Waals surface area (Å²) < 4.78 is 0. The minimum atomic E-state index is -0.348. The molecule has 170 valence electrons. The number of hydrogen-bond donors (Lipinski definition) is 3. The van der Waals surface area contributed by atoms with E-state index in [9.17, 15) is 19.8 Å². The third kappa shape index (κ3) is 7.72. The highest BCUT2D eigenvalue weighted by Gasteiger charge is 2.27. The van der Waals surface area contributed by atoms with Crippen molar-refractivity contribution in [2.24, 2.45) is 5.41 Å². The van der Waals surface area contributed by atoms with E-state index >= 15 is 0 Å². The Bertz CT molecular complexity index is 845. The molecule has 2 atom stereocenters. The summed E-state index contributed by atoms with van der Waals surface area (Å²) in [5, 5.41) is 21.0. The number of β-amino-alcohol motifs (C(OH)–C–C–N with tert-alkyl or cyclic N) is 1. The Kier molecular flexibility index (Phi) is 9.15. The van der Waals surface area contributed by atoms with Crippen LogP contribution >= 0.6 is 11.3 Å². The van der Waals surface area contributed by atoms with Crippen molar-refractivity contribution in [1.82, 2.24) is 15.2 Å². The van der Waals surface area contributed by atoms with Gasteiger partial charge in [-0.2, -0.15) is 0 Å². The molecular formula is C23H33N3O4S. The lowest BCUT2D eigenvalue weighted by Gasteiger charge is -2.22. The van der Waals surface area contributed by atoms with Crippen molar-refractivity contribution >= 4 is 23.7 Å². The number of aryl methyl sites for hydroxylation is 1. The summed E-state index contributed by atoms with van der Waals surface area (Å²) in [4.78, 5) is 29.2. The average Bonchev–Trinajstić information content (AvgIpc) is 3.34. The zero-order valence-electron chi connectivity index (χ0n) is 18.7. The number of likely N-dealkylation sites (tertiary alicyclic amines) is 1. The van der Waals surface area contributed by atoms with E-state index in [4.69, 9.17) is 0 Å². The molecule has 2 amide bonds. The van der Waals surface area contributed by atoms with Gasteiger partial charge in [-0.25, -0.2) is 4.98 Å². The topological polar surface area (TPSA) is 103 Å². The van der Waals surface area contributed by atoms with E-state index in [0.717, 1.165) is 34.7 Å². The number of carbonyl (C=O) groups excluding carboxylic acids is 2. The third-order valence-electron chi connectivity index (χ3n) is 4.97. The van der Waals surface area contributed by atoms with Crippen molar-refractivity contribution in [1.29, 1.82) is 0 Å². The van der Waals surface area contributed by atoms with Gasteiger partial charge in [-0.05, 0) is 29.9 Å². The smallest absolute Gasteiger partial charge is 0.223 e. The van der Waals surface area contributed by atoms with Crippen molar-refractivity contribution in [3.05, 3.63) is 41.0 Å². The molecule has 2 aromatic rings. The van der Waals surface area contributed by atoms with Crippen LogP contribution in [-0.4, -0.2) is 58.2 Å². The van der Waals surface area contributed by atoms with Crippen molar-refractivity contribution in [3.63, 3.8) is 0 Å². The van der Waals surface area contributed by atoms with Crippen LogP contribution in [0.2, 0.25) is 0 Å². The summed E-state index contributed by atoms with van der Waals surface area (Å²) in [7, 11) is 0. The molecule has 2 heterocycles. The first kappa shape index (κ1) is 25.0. The zero-order valence-corrected chi connectivity index (χ0v) is 19.5. The molecule has 1 aliphatic heterocycles. The molecule has 1 aliphatic rings. The van der Waals surface area contributed by atoms with Crippen LogP contribution in [-0.2, 0) is 9.59 Å². The molecule has 31 heavy (non-hydrogen) atoms. The van der Waals surface area contributed by atoms with Crippen LogP contribution in [0.4, 0.5) is 0 Å². The molecule has 1 saturated heterocycles. The molecule has 7 nitrogen and oxygen atoms in total. The summed E-state index contributed by atoms with van der Waals surface area (Å²) in [6.45, 7) is 9.26. The van der Waals surface area contributed by atoms with E-state index in [1.54, 1.807) is 16.2 Å². The number of rotatable bonds is 6. The van der Waals surface area contributed by atoms with E-state index in [-0.39, 0.29) is 30.1 Å². The van der Waals surface area contributed by atoms with Gasteiger partial charge in [0, 0.05) is 19.5 Å². The molecule has 0 saturated carbocycles.